The van der Waals surface area contributed by atoms with E-state index >= 15 is 0 Å². The van der Waals surface area contributed by atoms with Crippen molar-refractivity contribution in [3.8, 4) is 5.75 Å². The van der Waals surface area contributed by atoms with Crippen molar-refractivity contribution in [1.29, 1.82) is 0 Å². The van der Waals surface area contributed by atoms with E-state index in [-0.39, 0.29) is 6.54 Å². The molecule has 0 aromatic heterocycles. The lowest BCUT2D eigenvalue weighted by Crippen LogP contribution is -2.48. The number of ether oxygens (including phenoxy) is 2. The number of hydrogen-bond donors (Lipinski definition) is 3. The van der Waals surface area contributed by atoms with Crippen molar-refractivity contribution in [1.82, 2.24) is 5.32 Å². The Morgan fingerprint density at radius 2 is 1.96 bits per heavy atom. The van der Waals surface area contributed by atoms with E-state index in [2.05, 4.69) is 10.6 Å². The van der Waals surface area contributed by atoms with Crippen molar-refractivity contribution >= 4 is 17.5 Å². The van der Waals surface area contributed by atoms with Gasteiger partial charge in [0, 0.05) is 32.6 Å². The fourth-order valence-corrected chi connectivity index (χ4v) is 2.28. The highest BCUT2D eigenvalue weighted by Crippen LogP contribution is 2.23. The standard InChI is InChI=1S/C16H22N2O5/c1-2-23-13-6-4-3-5-12(13)18-15(20)14(19)17-11-16(21)7-9-22-10-8-16/h3-6,21H,2,7-11H2,1H3,(H,17,19)(H,18,20). The van der Waals surface area contributed by atoms with Gasteiger partial charge in [-0.15, -0.1) is 0 Å². The van der Waals surface area contributed by atoms with Crippen molar-refractivity contribution in [3.05, 3.63) is 24.3 Å². The molecule has 1 aliphatic rings. The third kappa shape index (κ3) is 4.94. The van der Waals surface area contributed by atoms with Crippen LogP contribution in [-0.4, -0.2) is 48.9 Å². The lowest BCUT2D eigenvalue weighted by Gasteiger charge is -2.31. The summed E-state index contributed by atoms with van der Waals surface area (Å²) >= 11 is 0. The zero-order valence-corrected chi connectivity index (χ0v) is 13.1. The maximum Gasteiger partial charge on any atom is 0.313 e. The normalized spacial score (nSPS) is 16.4. The van der Waals surface area contributed by atoms with Gasteiger partial charge < -0.3 is 25.2 Å². The number of aliphatic hydroxyl groups is 1. The molecule has 7 nitrogen and oxygen atoms in total. The van der Waals surface area contributed by atoms with Crippen LogP contribution in [0.15, 0.2) is 24.3 Å². The first-order valence-corrected chi connectivity index (χ1v) is 7.65. The second-order valence-electron chi connectivity index (χ2n) is 5.40. The van der Waals surface area contributed by atoms with Crippen LogP contribution in [0.1, 0.15) is 19.8 Å². The molecule has 0 saturated carbocycles. The van der Waals surface area contributed by atoms with Crippen molar-refractivity contribution < 1.29 is 24.2 Å². The summed E-state index contributed by atoms with van der Waals surface area (Å²) in [6, 6.07) is 6.88. The Labute approximate surface area is 135 Å². The summed E-state index contributed by atoms with van der Waals surface area (Å²) < 4.78 is 10.6. The first-order chi connectivity index (χ1) is 11.0. The molecule has 1 heterocycles. The summed E-state index contributed by atoms with van der Waals surface area (Å²) in [5.41, 5.74) is -0.587. The molecule has 7 heteroatoms. The molecule has 1 aliphatic heterocycles. The Morgan fingerprint density at radius 1 is 1.26 bits per heavy atom. The van der Waals surface area contributed by atoms with E-state index in [1.807, 2.05) is 6.92 Å². The summed E-state index contributed by atoms with van der Waals surface area (Å²) in [6.07, 6.45) is 0.865. The number of para-hydroxylation sites is 2. The highest BCUT2D eigenvalue weighted by Gasteiger charge is 2.31. The fraction of sp³-hybridized carbons (Fsp3) is 0.500. The number of carbonyl (C=O) groups excluding carboxylic acids is 2. The van der Waals surface area contributed by atoms with Gasteiger partial charge in [-0.1, -0.05) is 12.1 Å². The minimum Gasteiger partial charge on any atom is -0.492 e. The van der Waals surface area contributed by atoms with Crippen LogP contribution >= 0.6 is 0 Å². The maximum absolute atomic E-state index is 12.0. The molecule has 1 fully saturated rings. The minimum atomic E-state index is -1.02. The number of anilines is 1. The second-order valence-corrected chi connectivity index (χ2v) is 5.40. The Kier molecular flexibility index (Phi) is 5.95. The predicted molar refractivity (Wildman–Crippen MR) is 84.3 cm³/mol. The summed E-state index contributed by atoms with van der Waals surface area (Å²) in [5.74, 6) is -1.09. The van der Waals surface area contributed by atoms with E-state index in [0.29, 0.717) is 44.1 Å². The van der Waals surface area contributed by atoms with Crippen LogP contribution in [0.2, 0.25) is 0 Å². The molecule has 0 aliphatic carbocycles. The van der Waals surface area contributed by atoms with Crippen molar-refractivity contribution in [2.45, 2.75) is 25.4 Å². The van der Waals surface area contributed by atoms with Crippen molar-refractivity contribution in [3.63, 3.8) is 0 Å². The fourth-order valence-electron chi connectivity index (χ4n) is 2.28. The lowest BCUT2D eigenvalue weighted by molar-refractivity contribution is -0.137. The minimum absolute atomic E-state index is 0.0235. The lowest BCUT2D eigenvalue weighted by atomic mass is 9.94. The van der Waals surface area contributed by atoms with Crippen molar-refractivity contribution in [2.24, 2.45) is 0 Å². The molecule has 23 heavy (non-hydrogen) atoms. The van der Waals surface area contributed by atoms with Crippen LogP contribution in [0.4, 0.5) is 5.69 Å². The number of hydrogen-bond acceptors (Lipinski definition) is 5. The molecule has 2 rings (SSSR count). The summed E-state index contributed by atoms with van der Waals surface area (Å²) in [6.45, 7) is 3.20. The van der Waals surface area contributed by atoms with Crippen LogP contribution < -0.4 is 15.4 Å². The molecule has 0 unspecified atom stereocenters. The number of amides is 2. The van der Waals surface area contributed by atoms with Gasteiger partial charge in [0.1, 0.15) is 5.75 Å². The number of carbonyl (C=O) groups is 2. The largest absolute Gasteiger partial charge is 0.492 e. The van der Waals surface area contributed by atoms with E-state index in [1.54, 1.807) is 24.3 Å². The molecule has 1 aromatic carbocycles. The van der Waals surface area contributed by atoms with Gasteiger partial charge >= 0.3 is 11.8 Å². The maximum atomic E-state index is 12.0. The molecule has 0 atom stereocenters. The quantitative estimate of drug-likeness (QED) is 0.693. The number of benzene rings is 1. The van der Waals surface area contributed by atoms with E-state index in [1.165, 1.54) is 0 Å². The van der Waals surface area contributed by atoms with E-state index in [0.717, 1.165) is 0 Å². The number of rotatable bonds is 5. The van der Waals surface area contributed by atoms with Gasteiger partial charge in [0.25, 0.3) is 0 Å². The van der Waals surface area contributed by atoms with Gasteiger partial charge in [-0.2, -0.15) is 0 Å². The second kappa shape index (κ2) is 7.94. The van der Waals surface area contributed by atoms with Gasteiger partial charge in [0.05, 0.1) is 17.9 Å². The van der Waals surface area contributed by atoms with E-state index in [9.17, 15) is 14.7 Å². The third-order valence-electron chi connectivity index (χ3n) is 3.64. The van der Waals surface area contributed by atoms with Crippen LogP contribution in [-0.2, 0) is 14.3 Å². The van der Waals surface area contributed by atoms with Gasteiger partial charge in [0.2, 0.25) is 0 Å². The SMILES string of the molecule is CCOc1ccccc1NC(=O)C(=O)NCC1(O)CCOCC1. The molecule has 1 aromatic rings. The summed E-state index contributed by atoms with van der Waals surface area (Å²) in [5, 5.41) is 15.2. The molecule has 126 valence electrons. The highest BCUT2D eigenvalue weighted by atomic mass is 16.5. The highest BCUT2D eigenvalue weighted by molar-refractivity contribution is 6.39. The average molecular weight is 322 g/mol. The Balaban J connectivity index is 1.89. The third-order valence-corrected chi connectivity index (χ3v) is 3.64. The molecule has 3 N–H and O–H groups in total. The zero-order valence-electron chi connectivity index (χ0n) is 13.1. The van der Waals surface area contributed by atoms with Crippen LogP contribution in [0.25, 0.3) is 0 Å². The molecule has 0 bridgehead atoms. The number of nitrogens with one attached hydrogen (secondary N) is 2. The molecule has 0 radical (unpaired) electrons. The smallest absolute Gasteiger partial charge is 0.313 e. The van der Waals surface area contributed by atoms with E-state index < -0.39 is 17.4 Å². The first-order valence-electron chi connectivity index (χ1n) is 7.65. The zero-order chi connectivity index (χ0) is 16.7. The molecule has 1 saturated heterocycles. The first kappa shape index (κ1) is 17.2. The summed E-state index contributed by atoms with van der Waals surface area (Å²) in [4.78, 5) is 23.9. The Hall–Kier alpha value is -2.12. The predicted octanol–water partition coefficient (Wildman–Crippen LogP) is 0.681. The molecular formula is C16H22N2O5. The van der Waals surface area contributed by atoms with Crippen LogP contribution in [0.3, 0.4) is 0 Å². The molecule has 0 spiro atoms. The molecule has 2 amide bonds. The van der Waals surface area contributed by atoms with Gasteiger partial charge in [0.15, 0.2) is 0 Å². The Morgan fingerprint density at radius 3 is 2.65 bits per heavy atom. The van der Waals surface area contributed by atoms with Gasteiger partial charge in [-0.25, -0.2) is 0 Å². The summed E-state index contributed by atoms with van der Waals surface area (Å²) in [7, 11) is 0. The monoisotopic (exact) mass is 322 g/mol. The van der Waals surface area contributed by atoms with Gasteiger partial charge in [-0.05, 0) is 19.1 Å². The Bertz CT molecular complexity index is 555. The average Bonchev–Trinajstić information content (AvgIpc) is 2.55. The van der Waals surface area contributed by atoms with Crippen LogP contribution in [0, 0.1) is 0 Å². The van der Waals surface area contributed by atoms with Crippen LogP contribution in [0.5, 0.6) is 5.75 Å². The van der Waals surface area contributed by atoms with Gasteiger partial charge in [-0.3, -0.25) is 9.59 Å². The van der Waals surface area contributed by atoms with E-state index in [4.69, 9.17) is 9.47 Å². The van der Waals surface area contributed by atoms with Crippen molar-refractivity contribution in [2.75, 3.05) is 31.7 Å². The molecular weight excluding hydrogens is 300 g/mol. The topological polar surface area (TPSA) is 96.9 Å².